The van der Waals surface area contributed by atoms with Crippen LogP contribution in [-0.4, -0.2) is 50.2 Å². The van der Waals surface area contributed by atoms with E-state index in [4.69, 9.17) is 4.74 Å². The summed E-state index contributed by atoms with van der Waals surface area (Å²) in [5, 5.41) is 6.19. The number of halogens is 3. The molecule has 1 aliphatic rings. The van der Waals surface area contributed by atoms with Gasteiger partial charge in [-0.1, -0.05) is 6.07 Å². The number of hydrogen-bond donors (Lipinski definition) is 2. The Hall–Kier alpha value is -1.96. The first-order valence-electron chi connectivity index (χ1n) is 9.50. The highest BCUT2D eigenvalue weighted by Gasteiger charge is 2.34. The Balaban J connectivity index is 2.03. The molecule has 0 bridgehead atoms. The van der Waals surface area contributed by atoms with Gasteiger partial charge < -0.3 is 20.3 Å². The van der Waals surface area contributed by atoms with E-state index in [2.05, 4.69) is 27.6 Å². The molecule has 0 spiro atoms. The van der Waals surface area contributed by atoms with Crippen LogP contribution in [0.25, 0.3) is 0 Å². The van der Waals surface area contributed by atoms with Crippen LogP contribution >= 0.6 is 0 Å². The molecule has 1 aliphatic heterocycles. The van der Waals surface area contributed by atoms with Crippen molar-refractivity contribution in [2.24, 2.45) is 10.9 Å². The molecule has 1 saturated heterocycles. The van der Waals surface area contributed by atoms with Gasteiger partial charge in [-0.05, 0) is 64.4 Å². The van der Waals surface area contributed by atoms with Crippen molar-refractivity contribution in [3.8, 4) is 5.75 Å². The normalized spacial score (nSPS) is 19.0. The van der Waals surface area contributed by atoms with E-state index in [1.54, 1.807) is 33.9 Å². The van der Waals surface area contributed by atoms with Gasteiger partial charge in [-0.2, -0.15) is 13.2 Å². The van der Waals surface area contributed by atoms with Crippen LogP contribution in [0.3, 0.4) is 0 Å². The van der Waals surface area contributed by atoms with E-state index in [0.29, 0.717) is 11.9 Å². The predicted molar refractivity (Wildman–Crippen MR) is 106 cm³/mol. The number of alkyl halides is 3. The van der Waals surface area contributed by atoms with Crippen LogP contribution in [0.2, 0.25) is 0 Å². The highest BCUT2D eigenvalue weighted by Crippen LogP contribution is 2.35. The fraction of sp³-hybridized carbons (Fsp3) is 0.650. The van der Waals surface area contributed by atoms with Gasteiger partial charge >= 0.3 is 6.18 Å². The van der Waals surface area contributed by atoms with E-state index in [1.165, 1.54) is 6.07 Å². The number of ether oxygens (including phenoxy) is 1. The van der Waals surface area contributed by atoms with Gasteiger partial charge in [0, 0.05) is 26.7 Å². The number of hydrogen-bond acceptors (Lipinski definition) is 3. The lowest BCUT2D eigenvalue weighted by molar-refractivity contribution is -0.138. The maximum atomic E-state index is 13.5. The minimum atomic E-state index is -4.46. The molecule has 28 heavy (non-hydrogen) atoms. The van der Waals surface area contributed by atoms with Gasteiger partial charge in [-0.25, -0.2) is 0 Å². The molecule has 0 saturated carbocycles. The summed E-state index contributed by atoms with van der Waals surface area (Å²) >= 11 is 0. The van der Waals surface area contributed by atoms with Gasteiger partial charge in [0.15, 0.2) is 5.96 Å². The number of likely N-dealkylation sites (tertiary alicyclic amines) is 1. The van der Waals surface area contributed by atoms with Crippen LogP contribution in [0.1, 0.15) is 38.3 Å². The monoisotopic (exact) mass is 400 g/mol. The first-order valence-corrected chi connectivity index (χ1v) is 9.50. The Labute approximate surface area is 165 Å². The molecule has 158 valence electrons. The molecule has 2 rings (SSSR count). The molecule has 0 aromatic heterocycles. The molecule has 1 atom stereocenters. The van der Waals surface area contributed by atoms with E-state index in [0.717, 1.165) is 32.1 Å². The third kappa shape index (κ3) is 6.89. The van der Waals surface area contributed by atoms with Crippen molar-refractivity contribution in [1.82, 2.24) is 15.5 Å². The number of nitrogens with zero attached hydrogens (tertiary/aromatic N) is 2. The largest absolute Gasteiger partial charge is 0.488 e. The van der Waals surface area contributed by atoms with Gasteiger partial charge in [-0.3, -0.25) is 4.99 Å². The second-order valence-electron chi connectivity index (χ2n) is 8.25. The van der Waals surface area contributed by atoms with Crippen LogP contribution in [0.15, 0.2) is 23.2 Å². The molecular formula is C20H31F3N4O. The zero-order valence-corrected chi connectivity index (χ0v) is 17.3. The summed E-state index contributed by atoms with van der Waals surface area (Å²) in [6.45, 7) is 8.24. The minimum Gasteiger partial charge on any atom is -0.488 e. The van der Waals surface area contributed by atoms with E-state index in [1.807, 2.05) is 0 Å². The Kier molecular flexibility index (Phi) is 7.20. The fourth-order valence-corrected chi connectivity index (χ4v) is 3.22. The van der Waals surface area contributed by atoms with Gasteiger partial charge in [0.05, 0.1) is 5.56 Å². The minimum absolute atomic E-state index is 0.0227. The van der Waals surface area contributed by atoms with Crippen molar-refractivity contribution in [1.29, 1.82) is 0 Å². The highest BCUT2D eigenvalue weighted by molar-refractivity contribution is 5.79. The fourth-order valence-electron chi connectivity index (χ4n) is 3.22. The second kappa shape index (κ2) is 9.03. The van der Waals surface area contributed by atoms with Crippen molar-refractivity contribution >= 4 is 5.96 Å². The molecule has 1 unspecified atom stereocenters. The van der Waals surface area contributed by atoms with E-state index >= 15 is 0 Å². The van der Waals surface area contributed by atoms with Crippen molar-refractivity contribution in [2.75, 3.05) is 33.7 Å². The number of nitrogens with one attached hydrogen (secondary N) is 2. The summed E-state index contributed by atoms with van der Waals surface area (Å²) in [6.07, 6.45) is -3.35. The van der Waals surface area contributed by atoms with Crippen molar-refractivity contribution in [2.45, 2.75) is 45.5 Å². The molecule has 2 N–H and O–H groups in total. The molecule has 1 heterocycles. The summed E-state index contributed by atoms with van der Waals surface area (Å²) in [5.41, 5.74) is -1.12. The van der Waals surface area contributed by atoms with Crippen LogP contribution in [0, 0.1) is 5.92 Å². The highest BCUT2D eigenvalue weighted by atomic mass is 19.4. The molecule has 0 aliphatic carbocycles. The topological polar surface area (TPSA) is 48.9 Å². The molecule has 0 radical (unpaired) electrons. The number of rotatable bonds is 5. The molecule has 8 heteroatoms. The summed E-state index contributed by atoms with van der Waals surface area (Å²) in [4.78, 5) is 6.38. The quantitative estimate of drug-likeness (QED) is 0.587. The van der Waals surface area contributed by atoms with Crippen molar-refractivity contribution < 1.29 is 17.9 Å². The van der Waals surface area contributed by atoms with Crippen LogP contribution in [-0.2, 0) is 12.7 Å². The molecular weight excluding hydrogens is 369 g/mol. The first-order chi connectivity index (χ1) is 13.0. The van der Waals surface area contributed by atoms with Crippen LogP contribution in [0.4, 0.5) is 13.2 Å². The summed E-state index contributed by atoms with van der Waals surface area (Å²) < 4.78 is 46.2. The van der Waals surface area contributed by atoms with Gasteiger partial charge in [-0.15, -0.1) is 0 Å². The molecule has 1 aromatic rings. The molecule has 1 aromatic carbocycles. The van der Waals surface area contributed by atoms with Crippen molar-refractivity contribution in [3.63, 3.8) is 0 Å². The Bertz CT molecular complexity index is 683. The zero-order chi connectivity index (χ0) is 20.9. The summed E-state index contributed by atoms with van der Waals surface area (Å²) in [5.74, 6) is 1.22. The predicted octanol–water partition coefficient (Wildman–Crippen LogP) is 3.50. The van der Waals surface area contributed by atoms with Crippen LogP contribution in [0.5, 0.6) is 5.75 Å². The SMILES string of the molecule is CN=C(NCc1ccc(OC(C)(C)C)cc1C(F)(F)F)NCC1CCN(C)C1. The maximum absolute atomic E-state index is 13.5. The summed E-state index contributed by atoms with van der Waals surface area (Å²) in [6, 6.07) is 4.09. The van der Waals surface area contributed by atoms with Gasteiger partial charge in [0.25, 0.3) is 0 Å². The number of benzene rings is 1. The maximum Gasteiger partial charge on any atom is 0.416 e. The Morgan fingerprint density at radius 2 is 1.96 bits per heavy atom. The van der Waals surface area contributed by atoms with Gasteiger partial charge in [0.1, 0.15) is 11.4 Å². The van der Waals surface area contributed by atoms with Gasteiger partial charge in [0.2, 0.25) is 0 Å². The standard InChI is InChI=1S/C20H31F3N4O/c1-19(2,3)28-16-7-6-15(17(10-16)20(21,22)23)12-26-18(24-4)25-11-14-8-9-27(5)13-14/h6-7,10,14H,8-9,11-13H2,1-5H3,(H2,24,25,26). The van der Waals surface area contributed by atoms with E-state index in [-0.39, 0.29) is 17.9 Å². The number of guanidine groups is 1. The third-order valence-corrected chi connectivity index (χ3v) is 4.53. The molecule has 1 fully saturated rings. The lowest BCUT2D eigenvalue weighted by atomic mass is 10.1. The summed E-state index contributed by atoms with van der Waals surface area (Å²) in [7, 11) is 3.69. The average molecular weight is 400 g/mol. The lowest BCUT2D eigenvalue weighted by Gasteiger charge is -2.23. The third-order valence-electron chi connectivity index (χ3n) is 4.53. The first kappa shape index (κ1) is 22.3. The lowest BCUT2D eigenvalue weighted by Crippen LogP contribution is -2.40. The zero-order valence-electron chi connectivity index (χ0n) is 17.3. The van der Waals surface area contributed by atoms with Crippen LogP contribution < -0.4 is 15.4 Å². The molecule has 0 amide bonds. The average Bonchev–Trinajstić information content (AvgIpc) is 2.99. The molecule has 5 nitrogen and oxygen atoms in total. The van der Waals surface area contributed by atoms with E-state index < -0.39 is 17.3 Å². The second-order valence-corrected chi connectivity index (χ2v) is 8.25. The van der Waals surface area contributed by atoms with E-state index in [9.17, 15) is 13.2 Å². The van der Waals surface area contributed by atoms with Crippen molar-refractivity contribution in [3.05, 3.63) is 29.3 Å². The smallest absolute Gasteiger partial charge is 0.416 e. The number of aliphatic imine (C=N–C) groups is 1. The Morgan fingerprint density at radius 1 is 1.25 bits per heavy atom. The Morgan fingerprint density at radius 3 is 2.50 bits per heavy atom.